The molecule has 0 aliphatic rings. The standard InChI is InChI=1S/C16H18N4O2S/c1-16(2,3)23(21)17-9-13-8-15(22-19-13)11-5-6-14-12(7-11)10-20(4)18-14/h5-10H,1-4H3/b17-9+. The predicted molar refractivity (Wildman–Crippen MR) is 91.7 cm³/mol. The maximum absolute atomic E-state index is 11.9. The molecular formula is C16H18N4O2S. The van der Waals surface area contributed by atoms with Crippen molar-refractivity contribution in [2.75, 3.05) is 0 Å². The van der Waals surface area contributed by atoms with Crippen LogP contribution in [-0.2, 0) is 18.4 Å². The molecule has 1 aromatic carbocycles. The SMILES string of the molecule is Cn1cc2cc(-c3cc(/C=N/[S+]([O-])C(C)(C)C)no3)ccc2n1. The van der Waals surface area contributed by atoms with Crippen LogP contribution >= 0.6 is 0 Å². The van der Waals surface area contributed by atoms with Gasteiger partial charge in [0.1, 0.15) is 28.0 Å². The Bertz CT molecular complexity index is 860. The van der Waals surface area contributed by atoms with Gasteiger partial charge >= 0.3 is 0 Å². The fourth-order valence-corrected chi connectivity index (χ4v) is 2.57. The molecule has 0 saturated carbocycles. The zero-order chi connectivity index (χ0) is 16.6. The van der Waals surface area contributed by atoms with Crippen molar-refractivity contribution in [3.63, 3.8) is 0 Å². The van der Waals surface area contributed by atoms with E-state index in [9.17, 15) is 4.55 Å². The number of benzene rings is 1. The maximum atomic E-state index is 11.9. The number of hydrogen-bond donors (Lipinski definition) is 0. The van der Waals surface area contributed by atoms with Gasteiger partial charge in [-0.1, -0.05) is 9.55 Å². The Balaban J connectivity index is 1.84. The third-order valence-electron chi connectivity index (χ3n) is 3.24. The third kappa shape index (κ3) is 3.46. The topological polar surface area (TPSA) is 79.3 Å². The van der Waals surface area contributed by atoms with E-state index in [1.165, 1.54) is 6.21 Å². The van der Waals surface area contributed by atoms with Crippen molar-refractivity contribution in [3.05, 3.63) is 36.2 Å². The first kappa shape index (κ1) is 15.8. The van der Waals surface area contributed by atoms with Crippen LogP contribution in [0.2, 0.25) is 0 Å². The number of aromatic nitrogens is 3. The van der Waals surface area contributed by atoms with Gasteiger partial charge in [0.05, 0.1) is 5.52 Å². The van der Waals surface area contributed by atoms with E-state index in [0.717, 1.165) is 16.5 Å². The highest BCUT2D eigenvalue weighted by atomic mass is 32.2. The summed E-state index contributed by atoms with van der Waals surface area (Å²) >= 11 is -1.31. The Morgan fingerprint density at radius 2 is 2.09 bits per heavy atom. The minimum absolute atomic E-state index is 0.394. The van der Waals surface area contributed by atoms with Crippen LogP contribution in [0.4, 0.5) is 0 Å². The van der Waals surface area contributed by atoms with Crippen LogP contribution in [0.3, 0.4) is 0 Å². The van der Waals surface area contributed by atoms with Crippen LogP contribution in [0.25, 0.3) is 22.2 Å². The van der Waals surface area contributed by atoms with E-state index in [1.807, 2.05) is 52.2 Å². The minimum atomic E-state index is -1.31. The number of rotatable bonds is 3. The molecule has 23 heavy (non-hydrogen) atoms. The average Bonchev–Trinajstić information content (AvgIpc) is 3.07. The Morgan fingerprint density at radius 1 is 1.30 bits per heavy atom. The molecule has 2 heterocycles. The first-order valence-corrected chi connectivity index (χ1v) is 8.30. The molecule has 0 fully saturated rings. The fourth-order valence-electron chi connectivity index (χ4n) is 2.05. The average molecular weight is 330 g/mol. The van der Waals surface area contributed by atoms with Crippen molar-refractivity contribution in [3.8, 4) is 11.3 Å². The van der Waals surface area contributed by atoms with Gasteiger partial charge in [-0.25, -0.2) is 0 Å². The molecule has 0 amide bonds. The number of hydrogen-bond acceptors (Lipinski definition) is 5. The second-order valence-corrected chi connectivity index (χ2v) is 8.22. The molecule has 3 aromatic rings. The molecule has 0 bridgehead atoms. The molecule has 0 spiro atoms. The quantitative estimate of drug-likeness (QED) is 0.546. The Labute approximate surface area is 137 Å². The Kier molecular flexibility index (Phi) is 3.99. The zero-order valence-electron chi connectivity index (χ0n) is 13.5. The van der Waals surface area contributed by atoms with E-state index in [-0.39, 0.29) is 0 Å². The summed E-state index contributed by atoms with van der Waals surface area (Å²) in [5.74, 6) is 0.638. The summed E-state index contributed by atoms with van der Waals surface area (Å²) < 4.78 is 22.7. The Morgan fingerprint density at radius 3 is 2.83 bits per heavy atom. The lowest BCUT2D eigenvalue weighted by Gasteiger charge is -2.17. The van der Waals surface area contributed by atoms with Gasteiger partial charge in [-0.3, -0.25) is 4.68 Å². The number of aryl methyl sites for hydroxylation is 1. The fraction of sp³-hybridized carbons (Fsp3) is 0.312. The summed E-state index contributed by atoms with van der Waals surface area (Å²) in [5, 5.41) is 9.33. The maximum Gasteiger partial charge on any atom is 0.167 e. The van der Waals surface area contributed by atoms with Crippen LogP contribution in [0, 0.1) is 0 Å². The first-order chi connectivity index (χ1) is 10.8. The summed E-state index contributed by atoms with van der Waals surface area (Å²) in [5.41, 5.74) is 2.39. The van der Waals surface area contributed by atoms with Gasteiger partial charge in [0.2, 0.25) is 0 Å². The predicted octanol–water partition coefficient (Wildman–Crippen LogP) is 3.11. The lowest BCUT2D eigenvalue weighted by molar-refractivity contribution is 0.431. The van der Waals surface area contributed by atoms with Crippen LogP contribution in [-0.4, -0.2) is 30.5 Å². The molecule has 7 heteroatoms. The van der Waals surface area contributed by atoms with Crippen LogP contribution in [0.5, 0.6) is 0 Å². The van der Waals surface area contributed by atoms with E-state index < -0.39 is 16.1 Å². The van der Waals surface area contributed by atoms with E-state index >= 15 is 0 Å². The number of nitrogens with zero attached hydrogens (tertiary/aromatic N) is 4. The van der Waals surface area contributed by atoms with Crippen LogP contribution in [0.15, 0.2) is 39.4 Å². The highest BCUT2D eigenvalue weighted by Gasteiger charge is 2.26. The number of fused-ring (bicyclic) bond motifs is 1. The molecule has 0 aliphatic heterocycles. The monoisotopic (exact) mass is 330 g/mol. The van der Waals surface area contributed by atoms with E-state index in [0.29, 0.717) is 11.5 Å². The summed E-state index contributed by atoms with van der Waals surface area (Å²) in [4.78, 5) is 0. The molecule has 3 rings (SSSR count). The van der Waals surface area contributed by atoms with E-state index in [2.05, 4.69) is 14.7 Å². The van der Waals surface area contributed by atoms with Gasteiger partial charge in [-0.05, 0) is 39.0 Å². The lowest BCUT2D eigenvalue weighted by Crippen LogP contribution is -2.25. The first-order valence-electron chi connectivity index (χ1n) is 7.19. The van der Waals surface area contributed by atoms with Gasteiger partial charge in [-0.2, -0.15) is 5.10 Å². The second-order valence-electron chi connectivity index (χ2n) is 6.29. The normalized spacial score (nSPS) is 14.0. The molecule has 1 unspecified atom stereocenters. The largest absolute Gasteiger partial charge is 0.591 e. The molecule has 0 saturated heterocycles. The van der Waals surface area contributed by atoms with Gasteiger partial charge in [0, 0.05) is 30.3 Å². The summed E-state index contributed by atoms with van der Waals surface area (Å²) in [6.45, 7) is 5.62. The van der Waals surface area contributed by atoms with Gasteiger partial charge < -0.3 is 9.08 Å². The second kappa shape index (κ2) is 5.82. The van der Waals surface area contributed by atoms with Crippen LogP contribution in [0.1, 0.15) is 26.5 Å². The highest BCUT2D eigenvalue weighted by Crippen LogP contribution is 2.24. The van der Waals surface area contributed by atoms with Gasteiger partial charge in [0.25, 0.3) is 0 Å². The molecule has 0 aliphatic carbocycles. The molecule has 0 radical (unpaired) electrons. The van der Waals surface area contributed by atoms with Crippen molar-refractivity contribution in [2.45, 2.75) is 25.5 Å². The molecule has 1 atom stereocenters. The smallest absolute Gasteiger partial charge is 0.167 e. The van der Waals surface area contributed by atoms with Crippen LogP contribution < -0.4 is 0 Å². The molecular weight excluding hydrogens is 312 g/mol. The van der Waals surface area contributed by atoms with E-state index in [4.69, 9.17) is 4.52 Å². The minimum Gasteiger partial charge on any atom is -0.591 e. The van der Waals surface area contributed by atoms with Gasteiger partial charge in [-0.15, -0.1) is 0 Å². The van der Waals surface area contributed by atoms with Crippen molar-refractivity contribution in [2.24, 2.45) is 11.4 Å². The van der Waals surface area contributed by atoms with Crippen molar-refractivity contribution in [1.29, 1.82) is 0 Å². The van der Waals surface area contributed by atoms with Crippen molar-refractivity contribution >= 4 is 28.5 Å². The summed E-state index contributed by atoms with van der Waals surface area (Å²) in [6.07, 6.45) is 3.43. The third-order valence-corrected chi connectivity index (χ3v) is 4.58. The Hall–Kier alpha value is -2.12. The molecule has 2 aromatic heterocycles. The lowest BCUT2D eigenvalue weighted by atomic mass is 10.1. The van der Waals surface area contributed by atoms with E-state index in [1.54, 1.807) is 10.7 Å². The summed E-state index contributed by atoms with van der Waals surface area (Å²) in [6, 6.07) is 7.65. The highest BCUT2D eigenvalue weighted by molar-refractivity contribution is 7.91. The molecule has 0 N–H and O–H groups in total. The van der Waals surface area contributed by atoms with Gasteiger partial charge in [0.15, 0.2) is 5.76 Å². The molecule has 120 valence electrons. The van der Waals surface area contributed by atoms with Crippen molar-refractivity contribution in [1.82, 2.24) is 14.9 Å². The van der Waals surface area contributed by atoms with Crippen molar-refractivity contribution < 1.29 is 9.08 Å². The zero-order valence-corrected chi connectivity index (χ0v) is 14.3. The molecule has 6 nitrogen and oxygen atoms in total. The summed E-state index contributed by atoms with van der Waals surface area (Å²) in [7, 11) is 1.89.